The number of aliphatic carboxylic acids is 1. The van der Waals surface area contributed by atoms with Crippen molar-refractivity contribution in [1.29, 1.82) is 0 Å². The molecule has 0 fully saturated rings. The molecule has 1 amide bonds. The average Bonchev–Trinajstić information content (AvgIpc) is 2.64. The summed E-state index contributed by atoms with van der Waals surface area (Å²) < 4.78 is 45.3. The molecule has 0 saturated carbocycles. The molecule has 0 saturated heterocycles. The Morgan fingerprint density at radius 2 is 1.97 bits per heavy atom. The number of carboxylic acids is 1. The molecule has 0 radical (unpaired) electrons. The van der Waals surface area contributed by atoms with E-state index < -0.39 is 77.5 Å². The molecule has 0 aromatic rings. The van der Waals surface area contributed by atoms with Gasteiger partial charge in [0.05, 0.1) is 6.61 Å². The number of hydrogen-bond acceptors (Lipinski definition) is 12. The van der Waals surface area contributed by atoms with Gasteiger partial charge < -0.3 is 45.1 Å². The van der Waals surface area contributed by atoms with Crippen molar-refractivity contribution < 1.29 is 66.5 Å². The van der Waals surface area contributed by atoms with Crippen molar-refractivity contribution in [3.05, 3.63) is 11.8 Å². The molecule has 7 N–H and O–H groups in total. The number of aldehydes is 1. The number of nitrogens with one attached hydrogen (secondary N) is 1. The van der Waals surface area contributed by atoms with E-state index in [4.69, 9.17) is 24.2 Å². The van der Waals surface area contributed by atoms with E-state index in [1.54, 1.807) is 0 Å². The van der Waals surface area contributed by atoms with Gasteiger partial charge in [-0.25, -0.2) is 8.98 Å². The van der Waals surface area contributed by atoms with Gasteiger partial charge in [0.15, 0.2) is 6.10 Å². The second-order valence-corrected chi connectivity index (χ2v) is 7.05. The van der Waals surface area contributed by atoms with Crippen molar-refractivity contribution in [2.24, 2.45) is 0 Å². The summed E-state index contributed by atoms with van der Waals surface area (Å²) in [6.07, 6.45) is -11.8. The van der Waals surface area contributed by atoms with Crippen LogP contribution >= 0.6 is 0 Å². The molecule has 0 aromatic heterocycles. The average molecular weight is 459 g/mol. The molecule has 0 unspecified atom stereocenters. The third-order valence-electron chi connectivity index (χ3n) is 3.69. The number of hydrogen-bond donors (Lipinski definition) is 7. The van der Waals surface area contributed by atoms with Crippen LogP contribution in [0.1, 0.15) is 6.92 Å². The predicted octanol–water partition coefficient (Wildman–Crippen LogP) is -4.34. The molecule has 0 aromatic carbocycles. The Labute approximate surface area is 169 Å². The first-order valence-corrected chi connectivity index (χ1v) is 9.47. The smallest absolute Gasteiger partial charge is 0.397 e. The maximum absolute atomic E-state index is 11.4. The number of carboxylic acid groups (broad SMARTS) is 1. The third kappa shape index (κ3) is 7.26. The summed E-state index contributed by atoms with van der Waals surface area (Å²) in [5.41, 5.74) is 0. The van der Waals surface area contributed by atoms with Crippen molar-refractivity contribution in [2.75, 3.05) is 6.61 Å². The van der Waals surface area contributed by atoms with Gasteiger partial charge in [0.2, 0.25) is 18.0 Å². The van der Waals surface area contributed by atoms with E-state index in [9.17, 15) is 38.1 Å². The molecule has 1 aliphatic heterocycles. The Morgan fingerprint density at radius 3 is 2.40 bits per heavy atom. The Hall–Kier alpha value is -2.18. The number of rotatable bonds is 11. The summed E-state index contributed by atoms with van der Waals surface area (Å²) >= 11 is 0. The number of ether oxygens (including phenoxy) is 2. The Kier molecular flexibility index (Phi) is 9.25. The second kappa shape index (κ2) is 10.7. The van der Waals surface area contributed by atoms with E-state index in [1.165, 1.54) is 0 Å². The maximum atomic E-state index is 11.4. The number of amides is 1. The standard InChI is InChI=1S/C14H21NO14S/c1-5(18)15-6(3-16)11(10(21)8(20)4-17)28-14-12(29-30(24,25)26)7(19)2-9(27-14)13(22)23/h2-3,6-8,10-12,14,17,19-21H,4H2,1H3,(H,15,18)(H,22,23)(H,24,25,26)/t6-,7+,8+,10+,11+,12+,14+/m1/s1. The Morgan fingerprint density at radius 1 is 1.37 bits per heavy atom. The van der Waals surface area contributed by atoms with E-state index in [2.05, 4.69) is 4.18 Å². The summed E-state index contributed by atoms with van der Waals surface area (Å²) in [5.74, 6) is -3.47. The third-order valence-corrected chi connectivity index (χ3v) is 4.16. The SMILES string of the molecule is CC(=O)N[C@H](C=O)[C@H](O[C@@H]1OC(C(=O)O)=C[C@H](O)[C@@H]1OS(=O)(=O)O)[C@@H](O)[C@@H](O)CO. The van der Waals surface area contributed by atoms with Crippen molar-refractivity contribution in [3.8, 4) is 0 Å². The molecule has 1 rings (SSSR count). The van der Waals surface area contributed by atoms with Crippen LogP contribution in [0.4, 0.5) is 0 Å². The predicted molar refractivity (Wildman–Crippen MR) is 90.7 cm³/mol. The molecule has 1 heterocycles. The van der Waals surface area contributed by atoms with E-state index in [1.807, 2.05) is 5.32 Å². The lowest BCUT2D eigenvalue weighted by atomic mass is 10.0. The summed E-state index contributed by atoms with van der Waals surface area (Å²) in [7, 11) is -5.24. The fraction of sp³-hybridized carbons (Fsp3) is 0.643. The van der Waals surface area contributed by atoms with Gasteiger partial charge in [-0.2, -0.15) is 8.42 Å². The molecule has 0 spiro atoms. The molecular formula is C14H21NO14S. The zero-order valence-electron chi connectivity index (χ0n) is 15.3. The Bertz CT molecular complexity index is 767. The highest BCUT2D eigenvalue weighted by Gasteiger charge is 2.45. The van der Waals surface area contributed by atoms with Crippen LogP contribution in [-0.2, 0) is 38.4 Å². The van der Waals surface area contributed by atoms with Gasteiger partial charge in [0.1, 0.15) is 36.7 Å². The number of aliphatic hydroxyl groups excluding tert-OH is 4. The van der Waals surface area contributed by atoms with Crippen LogP contribution in [0.15, 0.2) is 11.8 Å². The highest BCUT2D eigenvalue weighted by molar-refractivity contribution is 7.80. The second-order valence-electron chi connectivity index (χ2n) is 6.01. The monoisotopic (exact) mass is 459 g/mol. The molecule has 16 heteroatoms. The van der Waals surface area contributed by atoms with Crippen LogP contribution in [0, 0.1) is 0 Å². The van der Waals surface area contributed by atoms with Crippen molar-refractivity contribution in [2.45, 2.75) is 49.8 Å². The molecule has 172 valence electrons. The molecule has 0 bridgehead atoms. The number of carbonyl (C=O) groups excluding carboxylic acids is 2. The summed E-state index contributed by atoms with van der Waals surface area (Å²) in [5, 5.41) is 49.9. The first kappa shape index (κ1) is 25.9. The molecular weight excluding hydrogens is 438 g/mol. The fourth-order valence-corrected chi connectivity index (χ4v) is 2.89. The van der Waals surface area contributed by atoms with Gasteiger partial charge in [0.25, 0.3) is 0 Å². The quantitative estimate of drug-likeness (QED) is 0.114. The van der Waals surface area contributed by atoms with Crippen LogP contribution in [0.3, 0.4) is 0 Å². The molecule has 15 nitrogen and oxygen atoms in total. The molecule has 7 atom stereocenters. The van der Waals surface area contributed by atoms with Crippen molar-refractivity contribution >= 4 is 28.6 Å². The van der Waals surface area contributed by atoms with E-state index >= 15 is 0 Å². The van der Waals surface area contributed by atoms with E-state index in [-0.39, 0.29) is 6.29 Å². The molecule has 0 aliphatic carbocycles. The van der Waals surface area contributed by atoms with Gasteiger partial charge in [0, 0.05) is 6.92 Å². The minimum Gasteiger partial charge on any atom is -0.475 e. The van der Waals surface area contributed by atoms with Gasteiger partial charge in [-0.1, -0.05) is 0 Å². The number of aliphatic hydroxyl groups is 4. The van der Waals surface area contributed by atoms with E-state index in [0.717, 1.165) is 6.92 Å². The van der Waals surface area contributed by atoms with Crippen LogP contribution in [-0.4, -0.2) is 106 Å². The van der Waals surface area contributed by atoms with Crippen LogP contribution in [0.2, 0.25) is 0 Å². The van der Waals surface area contributed by atoms with Crippen LogP contribution < -0.4 is 5.32 Å². The van der Waals surface area contributed by atoms with Crippen LogP contribution in [0.25, 0.3) is 0 Å². The Balaban J connectivity index is 3.34. The van der Waals surface area contributed by atoms with E-state index in [0.29, 0.717) is 6.08 Å². The van der Waals surface area contributed by atoms with Crippen molar-refractivity contribution in [3.63, 3.8) is 0 Å². The lowest BCUT2D eigenvalue weighted by Crippen LogP contribution is -2.58. The highest BCUT2D eigenvalue weighted by Crippen LogP contribution is 2.26. The largest absolute Gasteiger partial charge is 0.475 e. The summed E-state index contributed by atoms with van der Waals surface area (Å²) in [6.45, 7) is -0.0507. The van der Waals surface area contributed by atoms with Gasteiger partial charge >= 0.3 is 16.4 Å². The number of carbonyl (C=O) groups is 3. The van der Waals surface area contributed by atoms with Gasteiger partial charge in [-0.15, -0.1) is 0 Å². The first-order valence-electron chi connectivity index (χ1n) is 8.11. The summed E-state index contributed by atoms with van der Waals surface area (Å²) in [6, 6.07) is -1.72. The minimum atomic E-state index is -5.24. The maximum Gasteiger partial charge on any atom is 0.397 e. The van der Waals surface area contributed by atoms with Crippen molar-refractivity contribution in [1.82, 2.24) is 5.32 Å². The zero-order chi connectivity index (χ0) is 23.2. The molecule has 30 heavy (non-hydrogen) atoms. The van der Waals surface area contributed by atoms with Gasteiger partial charge in [-0.05, 0) is 6.08 Å². The lowest BCUT2D eigenvalue weighted by Gasteiger charge is -2.37. The van der Waals surface area contributed by atoms with Crippen LogP contribution in [0.5, 0.6) is 0 Å². The highest BCUT2D eigenvalue weighted by atomic mass is 32.3. The first-order chi connectivity index (χ1) is 13.8. The molecule has 1 aliphatic rings. The lowest BCUT2D eigenvalue weighted by molar-refractivity contribution is -0.243. The zero-order valence-corrected chi connectivity index (χ0v) is 16.1. The topological polar surface area (TPSA) is 246 Å². The minimum absolute atomic E-state index is 0.0607. The van der Waals surface area contributed by atoms with Gasteiger partial charge in [-0.3, -0.25) is 9.35 Å². The normalized spacial score (nSPS) is 25.8. The fourth-order valence-electron chi connectivity index (χ4n) is 2.40. The summed E-state index contributed by atoms with van der Waals surface area (Å²) in [4.78, 5) is 33.8.